The number of hydrogen-bond donors (Lipinski definition) is 0. The van der Waals surface area contributed by atoms with Crippen LogP contribution in [0, 0.1) is 6.92 Å². The molecular weight excluding hydrogens is 256 g/mol. The van der Waals surface area contributed by atoms with Gasteiger partial charge in [0.2, 0.25) is 5.78 Å². The first-order valence-corrected chi connectivity index (χ1v) is 6.24. The molecule has 20 heavy (non-hydrogen) atoms. The zero-order valence-corrected chi connectivity index (χ0v) is 10.9. The van der Waals surface area contributed by atoms with Crippen LogP contribution >= 0.6 is 0 Å². The van der Waals surface area contributed by atoms with E-state index in [0.717, 1.165) is 5.39 Å². The predicted molar refractivity (Wildman–Crippen MR) is 72.9 cm³/mol. The molecule has 0 aliphatic rings. The van der Waals surface area contributed by atoms with Crippen LogP contribution in [0.5, 0.6) is 0 Å². The molecule has 3 rings (SSSR count). The number of furan rings is 2. The summed E-state index contributed by atoms with van der Waals surface area (Å²) >= 11 is 0. The summed E-state index contributed by atoms with van der Waals surface area (Å²) in [5, 5.41) is 0.850. The van der Waals surface area contributed by atoms with E-state index < -0.39 is 0 Å². The Morgan fingerprint density at radius 3 is 2.60 bits per heavy atom. The van der Waals surface area contributed by atoms with Gasteiger partial charge in [0.25, 0.3) is 0 Å². The Bertz CT molecular complexity index is 759. The number of Topliss-reactive ketones (excluding diaryl/α,β-unsaturated/α-hetero) is 2. The minimum Gasteiger partial charge on any atom is -0.469 e. The second-order valence-corrected chi connectivity index (χ2v) is 4.56. The van der Waals surface area contributed by atoms with Crippen LogP contribution in [0.1, 0.15) is 33.1 Å². The van der Waals surface area contributed by atoms with Crippen molar-refractivity contribution in [3.8, 4) is 0 Å². The topological polar surface area (TPSA) is 60.4 Å². The highest BCUT2D eigenvalue weighted by molar-refractivity contribution is 6.13. The van der Waals surface area contributed by atoms with E-state index in [1.54, 1.807) is 25.1 Å². The lowest BCUT2D eigenvalue weighted by molar-refractivity contribution is 0.0878. The summed E-state index contributed by atoms with van der Waals surface area (Å²) in [6.45, 7) is 1.69. The molecule has 0 unspecified atom stereocenters. The molecule has 1 aromatic carbocycles. The molecule has 0 saturated carbocycles. The average molecular weight is 268 g/mol. The third-order valence-electron chi connectivity index (χ3n) is 3.18. The van der Waals surface area contributed by atoms with Crippen molar-refractivity contribution in [1.29, 1.82) is 0 Å². The summed E-state index contributed by atoms with van der Waals surface area (Å²) in [4.78, 5) is 24.1. The van der Waals surface area contributed by atoms with E-state index in [1.807, 2.05) is 18.2 Å². The van der Waals surface area contributed by atoms with Gasteiger partial charge in [-0.3, -0.25) is 9.59 Å². The summed E-state index contributed by atoms with van der Waals surface area (Å²) in [6, 6.07) is 10.6. The van der Waals surface area contributed by atoms with Crippen molar-refractivity contribution >= 4 is 22.5 Å². The maximum atomic E-state index is 12.1. The van der Waals surface area contributed by atoms with Crippen LogP contribution in [0.2, 0.25) is 0 Å². The Morgan fingerprint density at radius 1 is 1.10 bits per heavy atom. The summed E-state index contributed by atoms with van der Waals surface area (Å²) in [6.07, 6.45) is 1.22. The lowest BCUT2D eigenvalue weighted by Gasteiger charge is -1.97. The second kappa shape index (κ2) is 4.81. The Kier molecular flexibility index (Phi) is 2.99. The van der Waals surface area contributed by atoms with Gasteiger partial charge >= 0.3 is 0 Å². The molecular formula is C16H12O4. The van der Waals surface area contributed by atoms with Gasteiger partial charge in [-0.05, 0) is 25.1 Å². The van der Waals surface area contributed by atoms with E-state index in [1.165, 1.54) is 6.26 Å². The fraction of sp³-hybridized carbons (Fsp3) is 0.125. The van der Waals surface area contributed by atoms with E-state index in [9.17, 15) is 9.59 Å². The quantitative estimate of drug-likeness (QED) is 0.533. The molecule has 2 heterocycles. The van der Waals surface area contributed by atoms with Crippen LogP contribution in [0.3, 0.4) is 0 Å². The minimum atomic E-state index is -0.327. The molecule has 0 aliphatic carbocycles. The SMILES string of the molecule is Cc1occc1C(=O)CC(=O)c1cc2ccccc2o1. The van der Waals surface area contributed by atoms with Gasteiger partial charge in [-0.15, -0.1) is 0 Å². The van der Waals surface area contributed by atoms with Crippen LogP contribution in [-0.2, 0) is 0 Å². The molecule has 2 aromatic heterocycles. The first kappa shape index (κ1) is 12.4. The monoisotopic (exact) mass is 268 g/mol. The summed E-state index contributed by atoms with van der Waals surface area (Å²) in [5.74, 6) is 0.140. The van der Waals surface area contributed by atoms with Crippen molar-refractivity contribution in [2.45, 2.75) is 13.3 Å². The number of fused-ring (bicyclic) bond motifs is 1. The number of ketones is 2. The van der Waals surface area contributed by atoms with Crippen molar-refractivity contribution in [3.63, 3.8) is 0 Å². The van der Waals surface area contributed by atoms with Gasteiger partial charge in [0, 0.05) is 5.39 Å². The fourth-order valence-electron chi connectivity index (χ4n) is 2.12. The maximum Gasteiger partial charge on any atom is 0.205 e. The van der Waals surface area contributed by atoms with Crippen molar-refractivity contribution < 1.29 is 18.4 Å². The highest BCUT2D eigenvalue weighted by Gasteiger charge is 2.19. The van der Waals surface area contributed by atoms with Crippen LogP contribution in [-0.4, -0.2) is 11.6 Å². The van der Waals surface area contributed by atoms with Gasteiger partial charge in [-0.2, -0.15) is 0 Å². The lowest BCUT2D eigenvalue weighted by atomic mass is 10.1. The number of aryl methyl sites for hydroxylation is 1. The second-order valence-electron chi connectivity index (χ2n) is 4.56. The van der Waals surface area contributed by atoms with Crippen LogP contribution in [0.25, 0.3) is 11.0 Å². The van der Waals surface area contributed by atoms with Crippen molar-refractivity contribution in [1.82, 2.24) is 0 Å². The van der Waals surface area contributed by atoms with Crippen molar-refractivity contribution in [2.24, 2.45) is 0 Å². The summed E-state index contributed by atoms with van der Waals surface area (Å²) in [5.41, 5.74) is 1.08. The molecule has 0 aliphatic heterocycles. The summed E-state index contributed by atoms with van der Waals surface area (Å²) < 4.78 is 10.5. The van der Waals surface area contributed by atoms with Crippen molar-refractivity contribution in [3.05, 3.63) is 59.7 Å². The fourth-order valence-corrected chi connectivity index (χ4v) is 2.12. The van der Waals surface area contributed by atoms with Gasteiger partial charge in [0.05, 0.1) is 18.2 Å². The normalized spacial score (nSPS) is 10.8. The van der Waals surface area contributed by atoms with Gasteiger partial charge in [0.15, 0.2) is 11.5 Å². The minimum absolute atomic E-state index is 0.209. The first-order valence-electron chi connectivity index (χ1n) is 6.24. The average Bonchev–Trinajstić information content (AvgIpc) is 3.04. The first-order chi connectivity index (χ1) is 9.65. The smallest absolute Gasteiger partial charge is 0.205 e. The maximum absolute atomic E-state index is 12.1. The number of benzene rings is 1. The molecule has 0 amide bonds. The largest absolute Gasteiger partial charge is 0.469 e. The molecule has 0 radical (unpaired) electrons. The van der Waals surface area contributed by atoms with Gasteiger partial charge in [0.1, 0.15) is 11.3 Å². The molecule has 0 saturated heterocycles. The molecule has 3 aromatic rings. The predicted octanol–water partition coefficient (Wildman–Crippen LogP) is 3.79. The Morgan fingerprint density at radius 2 is 1.90 bits per heavy atom. The van der Waals surface area contributed by atoms with Crippen LogP contribution < -0.4 is 0 Å². The van der Waals surface area contributed by atoms with E-state index in [2.05, 4.69) is 0 Å². The molecule has 0 atom stereocenters. The number of hydrogen-bond acceptors (Lipinski definition) is 4. The molecule has 0 fully saturated rings. The highest BCUT2D eigenvalue weighted by atomic mass is 16.3. The third-order valence-corrected chi connectivity index (χ3v) is 3.18. The zero-order chi connectivity index (χ0) is 14.1. The standard InChI is InChI=1S/C16H12O4/c1-10-12(6-7-19-10)13(17)9-14(18)16-8-11-4-2-3-5-15(11)20-16/h2-8H,9H2,1H3. The van der Waals surface area contributed by atoms with Crippen LogP contribution in [0.15, 0.2) is 51.5 Å². The van der Waals surface area contributed by atoms with E-state index in [-0.39, 0.29) is 23.7 Å². The van der Waals surface area contributed by atoms with Gasteiger partial charge < -0.3 is 8.83 Å². The van der Waals surface area contributed by atoms with Crippen molar-refractivity contribution in [2.75, 3.05) is 0 Å². The van der Waals surface area contributed by atoms with Gasteiger partial charge in [-0.25, -0.2) is 0 Å². The molecule has 0 bridgehead atoms. The van der Waals surface area contributed by atoms with Crippen LogP contribution in [0.4, 0.5) is 0 Å². The molecule has 4 nitrogen and oxygen atoms in total. The van der Waals surface area contributed by atoms with E-state index >= 15 is 0 Å². The highest BCUT2D eigenvalue weighted by Crippen LogP contribution is 2.21. The lowest BCUT2D eigenvalue weighted by Crippen LogP contribution is -2.08. The van der Waals surface area contributed by atoms with E-state index in [0.29, 0.717) is 16.9 Å². The number of carbonyl (C=O) groups excluding carboxylic acids is 2. The Balaban J connectivity index is 1.82. The molecule has 100 valence electrons. The molecule has 4 heteroatoms. The molecule has 0 spiro atoms. The number of para-hydroxylation sites is 1. The third kappa shape index (κ3) is 2.16. The number of rotatable bonds is 4. The number of carbonyl (C=O) groups is 2. The summed E-state index contributed by atoms with van der Waals surface area (Å²) in [7, 11) is 0. The van der Waals surface area contributed by atoms with E-state index in [4.69, 9.17) is 8.83 Å². The zero-order valence-electron chi connectivity index (χ0n) is 10.9. The Labute approximate surface area is 115 Å². The molecule has 0 N–H and O–H groups in total. The Hall–Kier alpha value is -2.62. The van der Waals surface area contributed by atoms with Gasteiger partial charge in [-0.1, -0.05) is 18.2 Å².